The normalized spacial score (nSPS) is 11.5. The lowest BCUT2D eigenvalue weighted by Crippen LogP contribution is -2.47. The van der Waals surface area contributed by atoms with Crippen molar-refractivity contribution in [3.63, 3.8) is 0 Å². The minimum atomic E-state index is -0.864. The minimum absolute atomic E-state index is 0.0347. The highest BCUT2D eigenvalue weighted by Gasteiger charge is 2.18. The molecule has 0 saturated carbocycles. The molecule has 0 spiro atoms. The van der Waals surface area contributed by atoms with Crippen LogP contribution in [0.5, 0.6) is 17.2 Å². The summed E-state index contributed by atoms with van der Waals surface area (Å²) in [5.41, 5.74) is 4.97. The van der Waals surface area contributed by atoms with Gasteiger partial charge in [0.2, 0.25) is 0 Å². The van der Waals surface area contributed by atoms with Crippen LogP contribution >= 0.6 is 11.6 Å². The molecule has 1 unspecified atom stereocenters. The molecule has 2 rings (SSSR count). The van der Waals surface area contributed by atoms with E-state index in [1.54, 1.807) is 43.3 Å². The van der Waals surface area contributed by atoms with E-state index >= 15 is 0 Å². The summed E-state index contributed by atoms with van der Waals surface area (Å²) in [7, 11) is 1.49. The molecule has 0 aliphatic heterocycles. The second kappa shape index (κ2) is 9.85. The SMILES string of the molecule is COc1cc(C(=O)NNC(=O)C(C)Oc2ccccc2Cl)ccc1OC(C)C. The van der Waals surface area contributed by atoms with E-state index in [4.69, 9.17) is 25.8 Å². The van der Waals surface area contributed by atoms with E-state index in [9.17, 15) is 9.59 Å². The van der Waals surface area contributed by atoms with Crippen LogP contribution in [-0.2, 0) is 4.79 Å². The molecule has 2 N–H and O–H groups in total. The number of rotatable bonds is 7. The van der Waals surface area contributed by atoms with Crippen LogP contribution in [0.2, 0.25) is 5.02 Å². The first-order valence-electron chi connectivity index (χ1n) is 8.68. The third-order valence-electron chi connectivity index (χ3n) is 3.60. The summed E-state index contributed by atoms with van der Waals surface area (Å²) in [5, 5.41) is 0.391. The van der Waals surface area contributed by atoms with E-state index in [1.165, 1.54) is 13.2 Å². The minimum Gasteiger partial charge on any atom is -0.493 e. The highest BCUT2D eigenvalue weighted by atomic mass is 35.5. The van der Waals surface area contributed by atoms with Crippen molar-refractivity contribution in [3.8, 4) is 17.2 Å². The summed E-state index contributed by atoms with van der Waals surface area (Å²) in [5.74, 6) is 0.291. The Balaban J connectivity index is 1.95. The second-order valence-electron chi connectivity index (χ2n) is 6.17. The molecular formula is C20H23ClN2O5. The number of para-hydroxylation sites is 1. The molecule has 28 heavy (non-hydrogen) atoms. The van der Waals surface area contributed by atoms with Gasteiger partial charge in [-0.25, -0.2) is 0 Å². The van der Waals surface area contributed by atoms with Crippen molar-refractivity contribution >= 4 is 23.4 Å². The van der Waals surface area contributed by atoms with Gasteiger partial charge in [0, 0.05) is 5.56 Å². The maximum atomic E-state index is 12.3. The summed E-state index contributed by atoms with van der Waals surface area (Å²) < 4.78 is 16.4. The first kappa shape index (κ1) is 21.4. The van der Waals surface area contributed by atoms with Crippen LogP contribution < -0.4 is 25.1 Å². The number of carbonyl (C=O) groups excluding carboxylic acids is 2. The van der Waals surface area contributed by atoms with Crippen molar-refractivity contribution in [2.45, 2.75) is 33.0 Å². The van der Waals surface area contributed by atoms with E-state index in [2.05, 4.69) is 10.9 Å². The molecule has 150 valence electrons. The van der Waals surface area contributed by atoms with Crippen LogP contribution in [0.1, 0.15) is 31.1 Å². The zero-order valence-electron chi connectivity index (χ0n) is 16.1. The average Bonchev–Trinajstić information content (AvgIpc) is 2.67. The van der Waals surface area contributed by atoms with Gasteiger partial charge in [0.1, 0.15) is 5.75 Å². The Hall–Kier alpha value is -2.93. The van der Waals surface area contributed by atoms with Crippen LogP contribution in [0.3, 0.4) is 0 Å². The quantitative estimate of drug-likeness (QED) is 0.688. The molecule has 2 amide bonds. The van der Waals surface area contributed by atoms with Gasteiger partial charge in [-0.2, -0.15) is 0 Å². The lowest BCUT2D eigenvalue weighted by atomic mass is 10.2. The molecule has 0 aromatic heterocycles. The molecule has 8 heteroatoms. The molecule has 0 fully saturated rings. The Morgan fingerprint density at radius 1 is 0.929 bits per heavy atom. The fourth-order valence-electron chi connectivity index (χ4n) is 2.24. The molecule has 0 aliphatic carbocycles. The molecule has 0 saturated heterocycles. The molecular weight excluding hydrogens is 384 g/mol. The van der Waals surface area contributed by atoms with Crippen LogP contribution in [-0.4, -0.2) is 31.1 Å². The number of hydrogen-bond acceptors (Lipinski definition) is 5. The molecule has 2 aromatic rings. The Labute approximate surface area is 168 Å². The van der Waals surface area contributed by atoms with Gasteiger partial charge >= 0.3 is 0 Å². The van der Waals surface area contributed by atoms with Gasteiger partial charge in [0.25, 0.3) is 11.8 Å². The van der Waals surface area contributed by atoms with Crippen molar-refractivity contribution < 1.29 is 23.8 Å². The highest BCUT2D eigenvalue weighted by molar-refractivity contribution is 6.32. The third-order valence-corrected chi connectivity index (χ3v) is 3.91. The van der Waals surface area contributed by atoms with E-state index in [0.717, 1.165) is 0 Å². The monoisotopic (exact) mass is 406 g/mol. The standard InChI is InChI=1S/C20H23ClN2O5/c1-12(2)27-17-10-9-14(11-18(17)26-4)20(25)23-22-19(24)13(3)28-16-8-6-5-7-15(16)21/h5-13H,1-4H3,(H,22,24)(H,23,25). The van der Waals surface area contributed by atoms with Crippen molar-refractivity contribution in [1.29, 1.82) is 0 Å². The fourth-order valence-corrected chi connectivity index (χ4v) is 2.42. The average molecular weight is 407 g/mol. The van der Waals surface area contributed by atoms with Crippen LogP contribution in [0.25, 0.3) is 0 Å². The topological polar surface area (TPSA) is 85.9 Å². The number of methoxy groups -OCH3 is 1. The van der Waals surface area contributed by atoms with Gasteiger partial charge in [-0.3, -0.25) is 20.4 Å². The van der Waals surface area contributed by atoms with Crippen LogP contribution in [0, 0.1) is 0 Å². The number of amides is 2. The van der Waals surface area contributed by atoms with E-state index < -0.39 is 17.9 Å². The highest BCUT2D eigenvalue weighted by Crippen LogP contribution is 2.29. The van der Waals surface area contributed by atoms with Crippen LogP contribution in [0.4, 0.5) is 0 Å². The maximum absolute atomic E-state index is 12.3. The summed E-state index contributed by atoms with van der Waals surface area (Å²) in [6.45, 7) is 5.33. The number of hydrogen-bond donors (Lipinski definition) is 2. The summed E-state index contributed by atoms with van der Waals surface area (Å²) >= 11 is 6.00. The van der Waals surface area contributed by atoms with Gasteiger partial charge in [0.15, 0.2) is 17.6 Å². The first-order valence-corrected chi connectivity index (χ1v) is 9.05. The Kier molecular flexibility index (Phi) is 7.52. The smallest absolute Gasteiger partial charge is 0.279 e. The zero-order chi connectivity index (χ0) is 20.7. The molecule has 0 radical (unpaired) electrons. The predicted molar refractivity (Wildman–Crippen MR) is 106 cm³/mol. The molecule has 0 aliphatic rings. The van der Waals surface area contributed by atoms with E-state index in [0.29, 0.717) is 27.8 Å². The summed E-state index contributed by atoms with van der Waals surface area (Å²) in [6, 6.07) is 11.5. The predicted octanol–water partition coefficient (Wildman–Crippen LogP) is 3.36. The van der Waals surface area contributed by atoms with Gasteiger partial charge in [-0.1, -0.05) is 23.7 Å². The lowest BCUT2D eigenvalue weighted by Gasteiger charge is -2.16. The van der Waals surface area contributed by atoms with E-state index in [-0.39, 0.29) is 6.10 Å². The molecule has 0 bridgehead atoms. The number of hydrazine groups is 1. The maximum Gasteiger partial charge on any atom is 0.279 e. The Bertz CT molecular complexity index is 841. The Morgan fingerprint density at radius 3 is 2.29 bits per heavy atom. The summed E-state index contributed by atoms with van der Waals surface area (Å²) in [4.78, 5) is 24.5. The molecule has 2 aromatic carbocycles. The number of benzene rings is 2. The number of halogens is 1. The zero-order valence-corrected chi connectivity index (χ0v) is 16.9. The second-order valence-corrected chi connectivity index (χ2v) is 6.57. The van der Waals surface area contributed by atoms with Gasteiger partial charge in [-0.05, 0) is 51.1 Å². The molecule has 1 atom stereocenters. The van der Waals surface area contributed by atoms with Gasteiger partial charge in [0.05, 0.1) is 18.2 Å². The van der Waals surface area contributed by atoms with Crippen LogP contribution in [0.15, 0.2) is 42.5 Å². The lowest BCUT2D eigenvalue weighted by molar-refractivity contribution is -0.128. The third kappa shape index (κ3) is 5.79. The number of carbonyl (C=O) groups is 2. The Morgan fingerprint density at radius 2 is 1.64 bits per heavy atom. The molecule has 7 nitrogen and oxygen atoms in total. The van der Waals surface area contributed by atoms with Gasteiger partial charge in [-0.15, -0.1) is 0 Å². The fraction of sp³-hybridized carbons (Fsp3) is 0.300. The number of nitrogens with one attached hydrogen (secondary N) is 2. The largest absolute Gasteiger partial charge is 0.493 e. The molecule has 0 heterocycles. The van der Waals surface area contributed by atoms with Crippen molar-refractivity contribution in [2.75, 3.05) is 7.11 Å². The van der Waals surface area contributed by atoms with Gasteiger partial charge < -0.3 is 14.2 Å². The van der Waals surface area contributed by atoms with E-state index in [1.807, 2.05) is 13.8 Å². The first-order chi connectivity index (χ1) is 13.3. The summed E-state index contributed by atoms with van der Waals surface area (Å²) in [6.07, 6.45) is -0.899. The van der Waals surface area contributed by atoms with Crippen molar-refractivity contribution in [2.24, 2.45) is 0 Å². The van der Waals surface area contributed by atoms with Crippen molar-refractivity contribution in [3.05, 3.63) is 53.1 Å². The number of ether oxygens (including phenoxy) is 3. The van der Waals surface area contributed by atoms with Crippen molar-refractivity contribution in [1.82, 2.24) is 10.9 Å².